The van der Waals surface area contributed by atoms with Crippen LogP contribution in [0, 0.1) is 5.92 Å². The number of amides is 4. The number of rotatable bonds is 10. The minimum absolute atomic E-state index is 0.00754. The number of aromatic amines is 2. The van der Waals surface area contributed by atoms with Gasteiger partial charge >= 0.3 is 12.2 Å². The third-order valence-corrected chi connectivity index (χ3v) is 12.3. The highest BCUT2D eigenvalue weighted by Gasteiger charge is 2.41. The molecule has 2 saturated heterocycles. The maximum atomic E-state index is 14.3. The second-order valence-electron chi connectivity index (χ2n) is 16.1. The zero-order valence-corrected chi connectivity index (χ0v) is 34.9. The van der Waals surface area contributed by atoms with Crippen molar-refractivity contribution in [1.82, 2.24) is 40.4 Å². The van der Waals surface area contributed by atoms with E-state index < -0.39 is 18.2 Å². The van der Waals surface area contributed by atoms with Crippen LogP contribution in [0.5, 0.6) is 5.75 Å². The molecule has 9 rings (SSSR count). The Hall–Kier alpha value is -6.94. The summed E-state index contributed by atoms with van der Waals surface area (Å²) in [5.41, 5.74) is 7.09. The molecule has 4 N–H and O–H groups in total. The molecule has 0 radical (unpaired) electrons. The van der Waals surface area contributed by atoms with Crippen LogP contribution >= 0.6 is 0 Å². The molecular formula is C46H48N8O8. The molecule has 4 amide bonds. The fourth-order valence-corrected chi connectivity index (χ4v) is 9.33. The van der Waals surface area contributed by atoms with E-state index in [4.69, 9.17) is 24.2 Å². The number of carbonyl (C=O) groups is 4. The first-order valence-corrected chi connectivity index (χ1v) is 20.7. The average Bonchev–Trinajstić information content (AvgIpc) is 4.12. The second kappa shape index (κ2) is 16.8. The van der Waals surface area contributed by atoms with Crippen LogP contribution in [0.3, 0.4) is 0 Å². The predicted octanol–water partition coefficient (Wildman–Crippen LogP) is 6.71. The number of hydrogen-bond donors (Lipinski definition) is 4. The number of hydrogen-bond acceptors (Lipinski definition) is 10. The van der Waals surface area contributed by atoms with Crippen molar-refractivity contribution in [2.45, 2.75) is 57.0 Å². The van der Waals surface area contributed by atoms with Crippen LogP contribution < -0.4 is 15.4 Å². The van der Waals surface area contributed by atoms with Crippen LogP contribution in [0.25, 0.3) is 44.2 Å². The Balaban J connectivity index is 0.970. The van der Waals surface area contributed by atoms with Gasteiger partial charge in [0.2, 0.25) is 5.91 Å². The summed E-state index contributed by atoms with van der Waals surface area (Å²) in [5.74, 6) is 1.72. The Bertz CT molecular complexity index is 2680. The monoisotopic (exact) mass is 840 g/mol. The summed E-state index contributed by atoms with van der Waals surface area (Å²) >= 11 is 0. The molecule has 1 unspecified atom stereocenters. The Morgan fingerprint density at radius 3 is 2.52 bits per heavy atom. The molecule has 16 heteroatoms. The van der Waals surface area contributed by atoms with Gasteiger partial charge in [0.1, 0.15) is 36.6 Å². The maximum absolute atomic E-state index is 14.3. The van der Waals surface area contributed by atoms with E-state index in [-0.39, 0.29) is 42.4 Å². The lowest BCUT2D eigenvalue weighted by atomic mass is 9.92. The smallest absolute Gasteiger partial charge is 0.407 e. The number of alkyl carbamates (subject to hydrolysis) is 2. The van der Waals surface area contributed by atoms with Gasteiger partial charge in [0.05, 0.1) is 55.8 Å². The SMILES string of the molecule is COC[C@H]1C[C@@H](c2ncc(-c3ccc4c(c3)COc3cc5c(ccc6[nH]c(C7CC[C@H](C)N7C(=O)CNC(=O)OC)nc65)cc3-4)[nH]2)N(C(=O)[C@H](NC(=O)OC)c2ccccc2)C1. The van der Waals surface area contributed by atoms with Crippen molar-refractivity contribution in [2.75, 3.05) is 41.0 Å². The number of fused-ring (bicyclic) bond motifs is 6. The first-order valence-electron chi connectivity index (χ1n) is 20.7. The van der Waals surface area contributed by atoms with Crippen LogP contribution in [0.2, 0.25) is 0 Å². The van der Waals surface area contributed by atoms with Crippen molar-refractivity contribution in [2.24, 2.45) is 5.92 Å². The number of benzene rings is 4. The maximum Gasteiger partial charge on any atom is 0.407 e. The van der Waals surface area contributed by atoms with Crippen LogP contribution in [-0.4, -0.2) is 101 Å². The summed E-state index contributed by atoms with van der Waals surface area (Å²) in [6.45, 7) is 3.13. The molecule has 0 spiro atoms. The Morgan fingerprint density at radius 1 is 0.903 bits per heavy atom. The first-order chi connectivity index (χ1) is 30.1. The predicted molar refractivity (Wildman–Crippen MR) is 229 cm³/mol. The lowest BCUT2D eigenvalue weighted by molar-refractivity contribution is -0.135. The van der Waals surface area contributed by atoms with Crippen LogP contribution in [0.1, 0.15) is 67.1 Å². The Morgan fingerprint density at radius 2 is 1.73 bits per heavy atom. The summed E-state index contributed by atoms with van der Waals surface area (Å²) in [6.07, 6.45) is 2.65. The molecular weight excluding hydrogens is 793 g/mol. The highest BCUT2D eigenvalue weighted by atomic mass is 16.5. The van der Waals surface area contributed by atoms with E-state index in [0.29, 0.717) is 43.4 Å². The largest absolute Gasteiger partial charge is 0.488 e. The van der Waals surface area contributed by atoms with E-state index in [1.54, 1.807) is 23.1 Å². The molecule has 62 heavy (non-hydrogen) atoms. The average molecular weight is 841 g/mol. The number of aromatic nitrogens is 4. The molecule has 3 aliphatic heterocycles. The third kappa shape index (κ3) is 7.54. The number of imidazole rings is 2. The van der Waals surface area contributed by atoms with E-state index >= 15 is 0 Å². The number of likely N-dealkylation sites (tertiary alicyclic amines) is 2. The number of nitrogens with one attached hydrogen (secondary N) is 4. The molecule has 6 aromatic rings. The van der Waals surface area contributed by atoms with Gasteiger partial charge in [-0.05, 0) is 78.1 Å². The molecule has 3 aliphatic rings. The summed E-state index contributed by atoms with van der Waals surface area (Å²) in [5, 5.41) is 7.18. The quantitative estimate of drug-likeness (QED) is 0.115. The van der Waals surface area contributed by atoms with Crippen molar-refractivity contribution in [3.05, 3.63) is 102 Å². The normalized spacial score (nSPS) is 19.7. The third-order valence-electron chi connectivity index (χ3n) is 12.3. The molecule has 0 aliphatic carbocycles. The van der Waals surface area contributed by atoms with Gasteiger partial charge in [-0.25, -0.2) is 19.6 Å². The molecule has 0 saturated carbocycles. The number of ether oxygens (including phenoxy) is 4. The zero-order chi connectivity index (χ0) is 43.1. The van der Waals surface area contributed by atoms with Gasteiger partial charge in [0.25, 0.3) is 5.91 Å². The lowest BCUT2D eigenvalue weighted by Gasteiger charge is -2.28. The summed E-state index contributed by atoms with van der Waals surface area (Å²) < 4.78 is 21.5. The second-order valence-corrected chi connectivity index (χ2v) is 16.1. The van der Waals surface area contributed by atoms with E-state index in [0.717, 1.165) is 68.3 Å². The fourth-order valence-electron chi connectivity index (χ4n) is 9.33. The summed E-state index contributed by atoms with van der Waals surface area (Å²) in [4.78, 5) is 72.0. The molecule has 16 nitrogen and oxygen atoms in total. The van der Waals surface area contributed by atoms with Gasteiger partial charge < -0.3 is 49.3 Å². The minimum Gasteiger partial charge on any atom is -0.488 e. The van der Waals surface area contributed by atoms with E-state index in [1.165, 1.54) is 14.2 Å². The Labute approximate surface area is 357 Å². The van der Waals surface area contributed by atoms with Crippen molar-refractivity contribution in [1.29, 1.82) is 0 Å². The molecule has 5 atom stereocenters. The van der Waals surface area contributed by atoms with E-state index in [1.807, 2.05) is 49.4 Å². The molecule has 0 bridgehead atoms. The van der Waals surface area contributed by atoms with Gasteiger partial charge in [-0.2, -0.15) is 0 Å². The highest BCUT2D eigenvalue weighted by Crippen LogP contribution is 2.44. The lowest BCUT2D eigenvalue weighted by Crippen LogP contribution is -2.43. The standard InChI is InChI=1S/C46H48N8O8/c1-25-10-15-36(54(25)39(55)21-48-45(57)60-3)43-49-34-14-12-28-18-33-31-13-11-29(17-30(31)24-62-38(33)19-32(28)41(34)51-43)35-20-47-42(50-35)37-16-26(23-59-2)22-53(37)44(56)40(52-46(58)61-4)27-8-6-5-7-9-27/h5-9,11-14,17-20,25-26,36-37,40H,10,15-16,21-24H2,1-4H3,(H,47,50)(H,48,57)(H,49,51)(H,52,58)/t25-,26-,36?,37-,40+/m0/s1. The van der Waals surface area contributed by atoms with Crippen molar-refractivity contribution in [3.8, 4) is 28.1 Å². The summed E-state index contributed by atoms with van der Waals surface area (Å²) in [6, 6.07) is 22.1. The zero-order valence-electron chi connectivity index (χ0n) is 34.9. The Kier molecular flexibility index (Phi) is 11.0. The van der Waals surface area contributed by atoms with Gasteiger partial charge in [0.15, 0.2) is 0 Å². The molecule has 320 valence electrons. The molecule has 5 heterocycles. The number of carbonyl (C=O) groups excluding carboxylic acids is 4. The van der Waals surface area contributed by atoms with Crippen molar-refractivity contribution in [3.63, 3.8) is 0 Å². The van der Waals surface area contributed by atoms with Crippen LogP contribution in [0.15, 0.2) is 79.0 Å². The molecule has 4 aromatic carbocycles. The van der Waals surface area contributed by atoms with Gasteiger partial charge in [-0.1, -0.05) is 48.5 Å². The van der Waals surface area contributed by atoms with E-state index in [9.17, 15) is 19.2 Å². The minimum atomic E-state index is -0.946. The van der Waals surface area contributed by atoms with E-state index in [2.05, 4.69) is 55.7 Å². The highest BCUT2D eigenvalue weighted by molar-refractivity contribution is 6.07. The fraction of sp³-hybridized carbons (Fsp3) is 0.348. The molecule has 2 aromatic heterocycles. The van der Waals surface area contributed by atoms with Crippen LogP contribution in [-0.2, 0) is 30.4 Å². The first kappa shape index (κ1) is 40.5. The van der Waals surface area contributed by atoms with Gasteiger partial charge in [-0.15, -0.1) is 0 Å². The number of H-pyrrole nitrogens is 2. The van der Waals surface area contributed by atoms with Gasteiger partial charge in [0, 0.05) is 36.6 Å². The van der Waals surface area contributed by atoms with Crippen molar-refractivity contribution >= 4 is 45.8 Å². The summed E-state index contributed by atoms with van der Waals surface area (Å²) in [7, 11) is 4.19. The van der Waals surface area contributed by atoms with Crippen LogP contribution in [0.4, 0.5) is 9.59 Å². The topological polar surface area (TPSA) is 193 Å². The van der Waals surface area contributed by atoms with Crippen molar-refractivity contribution < 1.29 is 38.1 Å². The van der Waals surface area contributed by atoms with Gasteiger partial charge in [-0.3, -0.25) is 9.59 Å². The molecule has 2 fully saturated rings. The number of methoxy groups -OCH3 is 3. The number of nitrogens with zero attached hydrogens (tertiary/aromatic N) is 4.